The Labute approximate surface area is 125 Å². The topological polar surface area (TPSA) is 85.1 Å². The number of aromatic nitrogens is 1. The van der Waals surface area contributed by atoms with Gasteiger partial charge in [-0.25, -0.2) is 13.6 Å². The minimum absolute atomic E-state index is 0.0121. The van der Waals surface area contributed by atoms with Crippen LogP contribution in [-0.4, -0.2) is 13.4 Å². The molecule has 1 aromatic heterocycles. The highest BCUT2D eigenvalue weighted by Crippen LogP contribution is 2.20. The first kappa shape index (κ1) is 15.6. The number of hydrogen-bond acceptors (Lipinski definition) is 4. The summed E-state index contributed by atoms with van der Waals surface area (Å²) in [6, 6.07) is 10.6. The van der Waals surface area contributed by atoms with Crippen LogP contribution in [0.2, 0.25) is 0 Å². The summed E-state index contributed by atoms with van der Waals surface area (Å²) in [5, 5.41) is 8.58. The molecule has 6 heteroatoms. The number of nitrogens with zero attached hydrogens (tertiary/aromatic N) is 1. The third kappa shape index (κ3) is 4.10. The van der Waals surface area contributed by atoms with Gasteiger partial charge in [-0.2, -0.15) is 0 Å². The lowest BCUT2D eigenvalue weighted by Gasteiger charge is -2.20. The lowest BCUT2D eigenvalue weighted by molar-refractivity contribution is 0.493. The van der Waals surface area contributed by atoms with Gasteiger partial charge in [0, 0.05) is 24.5 Å². The van der Waals surface area contributed by atoms with Crippen LogP contribution in [0.5, 0.6) is 0 Å². The van der Waals surface area contributed by atoms with Crippen LogP contribution in [0.4, 0.5) is 0 Å². The summed E-state index contributed by atoms with van der Waals surface area (Å²) >= 11 is 0. The highest BCUT2D eigenvalue weighted by Gasteiger charge is 2.14. The van der Waals surface area contributed by atoms with E-state index in [0.29, 0.717) is 0 Å². The quantitative estimate of drug-likeness (QED) is 0.886. The Bertz CT molecular complexity index is 702. The zero-order valence-electron chi connectivity index (χ0n) is 12.0. The van der Waals surface area contributed by atoms with Gasteiger partial charge in [-0.15, -0.1) is 0 Å². The van der Waals surface area contributed by atoms with E-state index in [1.54, 1.807) is 18.3 Å². The first-order valence-electron chi connectivity index (χ1n) is 6.66. The maximum atomic E-state index is 11.4. The minimum atomic E-state index is -3.68. The third-order valence-electron chi connectivity index (χ3n) is 3.37. The normalized spacial score (nSPS) is 14.6. The summed E-state index contributed by atoms with van der Waals surface area (Å²) in [5.41, 5.74) is 1.95. The van der Waals surface area contributed by atoms with Crippen molar-refractivity contribution in [2.45, 2.75) is 30.8 Å². The molecule has 0 bridgehead atoms. The van der Waals surface area contributed by atoms with Gasteiger partial charge in [0.05, 0.1) is 4.90 Å². The van der Waals surface area contributed by atoms with E-state index >= 15 is 0 Å². The molecule has 0 aliphatic rings. The maximum Gasteiger partial charge on any atom is 0.238 e. The zero-order valence-corrected chi connectivity index (χ0v) is 12.8. The van der Waals surface area contributed by atoms with E-state index in [1.807, 2.05) is 38.2 Å². The average molecular weight is 305 g/mol. The van der Waals surface area contributed by atoms with Gasteiger partial charge in [-0.3, -0.25) is 4.98 Å². The minimum Gasteiger partial charge on any atom is -0.304 e. The molecular weight excluding hydrogens is 286 g/mol. The fraction of sp³-hybridized carbons (Fsp3) is 0.267. The molecule has 0 aliphatic carbocycles. The second-order valence-corrected chi connectivity index (χ2v) is 6.58. The van der Waals surface area contributed by atoms with Gasteiger partial charge in [-0.05, 0) is 43.2 Å². The lowest BCUT2D eigenvalue weighted by Crippen LogP contribution is -2.23. The van der Waals surface area contributed by atoms with Gasteiger partial charge in [0.15, 0.2) is 0 Å². The second kappa shape index (κ2) is 6.34. The van der Waals surface area contributed by atoms with Crippen molar-refractivity contribution in [3.05, 3.63) is 59.9 Å². The third-order valence-corrected chi connectivity index (χ3v) is 4.28. The number of primary sulfonamides is 1. The van der Waals surface area contributed by atoms with Crippen molar-refractivity contribution >= 4 is 10.0 Å². The van der Waals surface area contributed by atoms with Crippen molar-refractivity contribution in [3.63, 3.8) is 0 Å². The first-order valence-corrected chi connectivity index (χ1v) is 8.21. The molecule has 21 heavy (non-hydrogen) atoms. The number of nitrogens with one attached hydrogen (secondary N) is 1. The van der Waals surface area contributed by atoms with Gasteiger partial charge in [0.1, 0.15) is 0 Å². The van der Waals surface area contributed by atoms with Crippen LogP contribution in [0.25, 0.3) is 0 Å². The fourth-order valence-electron chi connectivity index (χ4n) is 2.16. The molecule has 1 heterocycles. The van der Waals surface area contributed by atoms with Gasteiger partial charge in [-0.1, -0.05) is 18.2 Å². The van der Waals surface area contributed by atoms with Crippen molar-refractivity contribution in [2.24, 2.45) is 5.14 Å². The maximum absolute atomic E-state index is 11.4. The number of pyridine rings is 1. The van der Waals surface area contributed by atoms with Crippen molar-refractivity contribution in [3.8, 4) is 0 Å². The standard InChI is InChI=1S/C15H19N3O2S/c1-11(18-12(2)14-6-4-8-17-10-14)13-5-3-7-15(9-13)21(16,19)20/h3-12,18H,1-2H3,(H2,16,19,20). The molecule has 2 rings (SSSR count). The monoisotopic (exact) mass is 305 g/mol. The molecule has 2 atom stereocenters. The molecule has 0 amide bonds. The van der Waals surface area contributed by atoms with Crippen LogP contribution in [0.1, 0.15) is 37.1 Å². The van der Waals surface area contributed by atoms with Gasteiger partial charge in [0.25, 0.3) is 0 Å². The molecule has 0 saturated carbocycles. The SMILES string of the molecule is CC(NC(C)c1cccc(S(N)(=O)=O)c1)c1cccnc1. The molecule has 5 nitrogen and oxygen atoms in total. The Hall–Kier alpha value is -1.76. The van der Waals surface area contributed by atoms with Crippen LogP contribution >= 0.6 is 0 Å². The van der Waals surface area contributed by atoms with E-state index < -0.39 is 10.0 Å². The Morgan fingerprint density at radius 2 is 1.76 bits per heavy atom. The molecule has 0 fully saturated rings. The summed E-state index contributed by atoms with van der Waals surface area (Å²) in [6.07, 6.45) is 3.54. The van der Waals surface area contributed by atoms with Gasteiger partial charge < -0.3 is 5.32 Å². The predicted molar refractivity (Wildman–Crippen MR) is 82.0 cm³/mol. The van der Waals surface area contributed by atoms with Gasteiger partial charge in [0.2, 0.25) is 10.0 Å². The average Bonchev–Trinajstić information content (AvgIpc) is 2.47. The number of benzene rings is 1. The Balaban J connectivity index is 2.16. The predicted octanol–water partition coefficient (Wildman–Crippen LogP) is 2.14. The summed E-state index contributed by atoms with van der Waals surface area (Å²) < 4.78 is 22.8. The molecule has 2 aromatic rings. The van der Waals surface area contributed by atoms with E-state index in [1.165, 1.54) is 6.07 Å². The van der Waals surface area contributed by atoms with E-state index in [0.717, 1.165) is 11.1 Å². The summed E-state index contributed by atoms with van der Waals surface area (Å²) in [7, 11) is -3.68. The first-order chi connectivity index (χ1) is 9.88. The van der Waals surface area contributed by atoms with Crippen molar-refractivity contribution in [1.29, 1.82) is 0 Å². The number of hydrogen-bond donors (Lipinski definition) is 2. The van der Waals surface area contributed by atoms with E-state index in [-0.39, 0.29) is 17.0 Å². The molecule has 0 aliphatic heterocycles. The molecule has 1 aromatic carbocycles. The molecule has 0 saturated heterocycles. The van der Waals surface area contributed by atoms with E-state index in [2.05, 4.69) is 10.3 Å². The smallest absolute Gasteiger partial charge is 0.238 e. The molecule has 0 radical (unpaired) electrons. The highest BCUT2D eigenvalue weighted by molar-refractivity contribution is 7.89. The number of nitrogens with two attached hydrogens (primary N) is 1. The van der Waals surface area contributed by atoms with Gasteiger partial charge >= 0.3 is 0 Å². The van der Waals surface area contributed by atoms with Crippen LogP contribution in [-0.2, 0) is 10.0 Å². The molecule has 2 unspecified atom stereocenters. The van der Waals surface area contributed by atoms with E-state index in [9.17, 15) is 8.42 Å². The molecule has 112 valence electrons. The largest absolute Gasteiger partial charge is 0.304 e. The lowest BCUT2D eigenvalue weighted by atomic mass is 10.1. The Morgan fingerprint density at radius 3 is 2.38 bits per heavy atom. The number of rotatable bonds is 5. The fourth-order valence-corrected chi connectivity index (χ4v) is 2.73. The Morgan fingerprint density at radius 1 is 1.10 bits per heavy atom. The van der Waals surface area contributed by atoms with Crippen molar-refractivity contribution in [1.82, 2.24) is 10.3 Å². The summed E-state index contributed by atoms with van der Waals surface area (Å²) in [4.78, 5) is 4.22. The summed E-state index contributed by atoms with van der Waals surface area (Å²) in [5.74, 6) is 0. The van der Waals surface area contributed by atoms with Crippen LogP contribution in [0.3, 0.4) is 0 Å². The summed E-state index contributed by atoms with van der Waals surface area (Å²) in [6.45, 7) is 4.02. The van der Waals surface area contributed by atoms with E-state index in [4.69, 9.17) is 5.14 Å². The van der Waals surface area contributed by atoms with Crippen molar-refractivity contribution in [2.75, 3.05) is 0 Å². The second-order valence-electron chi connectivity index (χ2n) is 5.01. The highest BCUT2D eigenvalue weighted by atomic mass is 32.2. The molecule has 3 N–H and O–H groups in total. The Kier molecular flexibility index (Phi) is 4.72. The zero-order chi connectivity index (χ0) is 15.5. The van der Waals surface area contributed by atoms with Crippen LogP contribution < -0.4 is 10.5 Å². The number of sulfonamides is 1. The molecular formula is C15H19N3O2S. The van der Waals surface area contributed by atoms with Crippen molar-refractivity contribution < 1.29 is 8.42 Å². The molecule has 0 spiro atoms. The van der Waals surface area contributed by atoms with Crippen LogP contribution in [0, 0.1) is 0 Å². The van der Waals surface area contributed by atoms with Crippen LogP contribution in [0.15, 0.2) is 53.7 Å².